The number of carboxylic acids is 1. The molecule has 0 radical (unpaired) electrons. The van der Waals surface area contributed by atoms with E-state index in [0.717, 1.165) is 16.0 Å². The highest BCUT2D eigenvalue weighted by molar-refractivity contribution is 7.15. The first-order valence-corrected chi connectivity index (χ1v) is 10.2. The van der Waals surface area contributed by atoms with E-state index in [1.807, 2.05) is 42.5 Å². The summed E-state index contributed by atoms with van der Waals surface area (Å²) in [7, 11) is 0. The molecule has 0 aliphatic rings. The molecule has 0 saturated heterocycles. The van der Waals surface area contributed by atoms with Crippen LogP contribution in [0.2, 0.25) is 0 Å². The van der Waals surface area contributed by atoms with Crippen molar-refractivity contribution in [1.29, 1.82) is 0 Å². The Morgan fingerprint density at radius 3 is 2.52 bits per heavy atom. The lowest BCUT2D eigenvalue weighted by Gasteiger charge is -2.10. The topological polar surface area (TPSA) is 70.6 Å². The third-order valence-electron chi connectivity index (χ3n) is 4.28. The van der Waals surface area contributed by atoms with Gasteiger partial charge < -0.3 is 10.4 Å². The maximum Gasteiger partial charge on any atom is 0.304 e. The van der Waals surface area contributed by atoms with Gasteiger partial charge in [0, 0.05) is 22.8 Å². The van der Waals surface area contributed by atoms with Crippen molar-refractivity contribution in [3.05, 3.63) is 89.3 Å². The van der Waals surface area contributed by atoms with Gasteiger partial charge in [0.2, 0.25) is 0 Å². The fourth-order valence-corrected chi connectivity index (χ4v) is 3.64. The highest BCUT2D eigenvalue weighted by Crippen LogP contribution is 2.28. The van der Waals surface area contributed by atoms with Crippen LogP contribution >= 0.6 is 11.3 Å². The summed E-state index contributed by atoms with van der Waals surface area (Å²) < 4.78 is 0. The molecular formula is C23H24N2O3S. The van der Waals surface area contributed by atoms with Gasteiger partial charge in [-0.1, -0.05) is 61.2 Å². The zero-order valence-corrected chi connectivity index (χ0v) is 16.9. The van der Waals surface area contributed by atoms with E-state index in [-0.39, 0.29) is 6.42 Å². The average molecular weight is 409 g/mol. The van der Waals surface area contributed by atoms with Crippen LogP contribution < -0.4 is 10.8 Å². The van der Waals surface area contributed by atoms with Gasteiger partial charge in [0.15, 0.2) is 0 Å². The number of nitrogens with one attached hydrogen (secondary N) is 2. The minimum absolute atomic E-state index is 0.118. The van der Waals surface area contributed by atoms with E-state index in [2.05, 4.69) is 41.6 Å². The van der Waals surface area contributed by atoms with Gasteiger partial charge in [-0.25, -0.2) is 0 Å². The van der Waals surface area contributed by atoms with Crippen LogP contribution in [0.3, 0.4) is 0 Å². The molecular weight excluding hydrogens is 384 g/mol. The Balaban J connectivity index is 1.42. The molecule has 3 aromatic rings. The van der Waals surface area contributed by atoms with E-state index in [0.29, 0.717) is 25.4 Å². The van der Waals surface area contributed by atoms with Crippen molar-refractivity contribution in [3.63, 3.8) is 0 Å². The van der Waals surface area contributed by atoms with Gasteiger partial charge in [0.1, 0.15) is 6.61 Å². The zero-order chi connectivity index (χ0) is 20.5. The summed E-state index contributed by atoms with van der Waals surface area (Å²) in [5, 5.41) is 11.7. The molecule has 0 saturated carbocycles. The number of rotatable bonds is 11. The smallest absolute Gasteiger partial charge is 0.304 e. The number of benzene rings is 2. The second-order valence-corrected chi connectivity index (χ2v) is 7.69. The molecule has 3 N–H and O–H groups in total. The number of carbonyl (C=O) groups is 1. The van der Waals surface area contributed by atoms with Gasteiger partial charge in [0.05, 0.1) is 12.1 Å². The number of aliphatic carboxylic acids is 1. The van der Waals surface area contributed by atoms with Gasteiger partial charge in [-0.2, -0.15) is 0 Å². The molecule has 0 fully saturated rings. The molecule has 0 aliphatic heterocycles. The molecule has 150 valence electrons. The van der Waals surface area contributed by atoms with Gasteiger partial charge in [-0.15, -0.1) is 11.3 Å². The van der Waals surface area contributed by atoms with Crippen LogP contribution in [0.15, 0.2) is 73.3 Å². The normalized spacial score (nSPS) is 10.6. The minimum atomic E-state index is -0.797. The SMILES string of the molecule is C=C(NOCc1ccc(-c2ccccc2)s1)c1ccc(CNCCC(=O)O)cc1. The molecule has 3 rings (SSSR count). The first-order chi connectivity index (χ1) is 14.1. The van der Waals surface area contributed by atoms with E-state index < -0.39 is 5.97 Å². The molecule has 29 heavy (non-hydrogen) atoms. The van der Waals surface area contributed by atoms with Crippen molar-refractivity contribution in [2.24, 2.45) is 0 Å². The van der Waals surface area contributed by atoms with E-state index in [1.165, 1.54) is 10.4 Å². The Hall–Kier alpha value is -2.93. The maximum atomic E-state index is 10.5. The summed E-state index contributed by atoms with van der Waals surface area (Å²) in [6.07, 6.45) is 0.118. The van der Waals surface area contributed by atoms with E-state index in [9.17, 15) is 4.79 Å². The summed E-state index contributed by atoms with van der Waals surface area (Å²) in [6, 6.07) is 22.4. The quantitative estimate of drug-likeness (QED) is 0.318. The Morgan fingerprint density at radius 1 is 1.03 bits per heavy atom. The third-order valence-corrected chi connectivity index (χ3v) is 5.38. The fraction of sp³-hybridized carbons (Fsp3) is 0.174. The first-order valence-electron chi connectivity index (χ1n) is 9.34. The van der Waals surface area contributed by atoms with Gasteiger partial charge in [-0.3, -0.25) is 15.1 Å². The second kappa shape index (κ2) is 10.6. The van der Waals surface area contributed by atoms with Crippen molar-refractivity contribution in [1.82, 2.24) is 10.8 Å². The lowest BCUT2D eigenvalue weighted by molar-refractivity contribution is -0.136. The van der Waals surface area contributed by atoms with E-state index in [1.54, 1.807) is 11.3 Å². The highest BCUT2D eigenvalue weighted by Gasteiger charge is 2.04. The number of thiophene rings is 1. The van der Waals surface area contributed by atoms with Crippen LogP contribution in [0, 0.1) is 0 Å². The van der Waals surface area contributed by atoms with Crippen molar-refractivity contribution in [2.75, 3.05) is 6.54 Å². The molecule has 6 heteroatoms. The summed E-state index contributed by atoms with van der Waals surface area (Å²) in [4.78, 5) is 18.5. The predicted molar refractivity (Wildman–Crippen MR) is 117 cm³/mol. The van der Waals surface area contributed by atoms with E-state index >= 15 is 0 Å². The van der Waals surface area contributed by atoms with Crippen LogP contribution in [-0.4, -0.2) is 17.6 Å². The molecule has 0 amide bonds. The monoisotopic (exact) mass is 408 g/mol. The molecule has 2 aromatic carbocycles. The third kappa shape index (κ3) is 6.57. The van der Waals surface area contributed by atoms with Crippen LogP contribution in [0.5, 0.6) is 0 Å². The Kier molecular flexibility index (Phi) is 7.58. The van der Waals surface area contributed by atoms with E-state index in [4.69, 9.17) is 9.94 Å². The van der Waals surface area contributed by atoms with Crippen LogP contribution in [0.25, 0.3) is 16.1 Å². The molecule has 0 unspecified atom stereocenters. The average Bonchev–Trinajstić information content (AvgIpc) is 3.21. The molecule has 1 aromatic heterocycles. The molecule has 0 spiro atoms. The predicted octanol–water partition coefficient (Wildman–Crippen LogP) is 4.67. The molecule has 0 aliphatic carbocycles. The first kappa shape index (κ1) is 20.8. The standard InChI is InChI=1S/C23H24N2O3S/c1-17(19-9-7-18(8-10-19)15-24-14-13-23(26)27)25-28-16-21-11-12-22(29-21)20-5-3-2-4-6-20/h2-12,24-25H,1,13-16H2,(H,26,27). The summed E-state index contributed by atoms with van der Waals surface area (Å²) in [5.74, 6) is -0.797. The zero-order valence-electron chi connectivity index (χ0n) is 16.1. The summed E-state index contributed by atoms with van der Waals surface area (Å²) in [6.45, 7) is 5.56. The number of hydrogen-bond donors (Lipinski definition) is 3. The molecule has 5 nitrogen and oxygen atoms in total. The fourth-order valence-electron chi connectivity index (χ4n) is 2.72. The van der Waals surface area contributed by atoms with Crippen LogP contribution in [0.4, 0.5) is 0 Å². The van der Waals surface area contributed by atoms with Crippen molar-refractivity contribution < 1.29 is 14.7 Å². The van der Waals surface area contributed by atoms with Gasteiger partial charge >= 0.3 is 5.97 Å². The minimum Gasteiger partial charge on any atom is -0.481 e. The number of hydrogen-bond acceptors (Lipinski definition) is 5. The number of carboxylic acid groups (broad SMARTS) is 1. The molecule has 1 heterocycles. The lowest BCUT2D eigenvalue weighted by atomic mass is 10.1. The molecule has 0 atom stereocenters. The summed E-state index contributed by atoms with van der Waals surface area (Å²) in [5.41, 5.74) is 6.83. The van der Waals surface area contributed by atoms with Crippen molar-refractivity contribution in [3.8, 4) is 10.4 Å². The summed E-state index contributed by atoms with van der Waals surface area (Å²) >= 11 is 1.71. The van der Waals surface area contributed by atoms with Crippen molar-refractivity contribution >= 4 is 23.0 Å². The van der Waals surface area contributed by atoms with Crippen LogP contribution in [0.1, 0.15) is 22.4 Å². The highest BCUT2D eigenvalue weighted by atomic mass is 32.1. The second-order valence-electron chi connectivity index (χ2n) is 6.52. The van der Waals surface area contributed by atoms with Crippen molar-refractivity contribution in [2.45, 2.75) is 19.6 Å². The van der Waals surface area contributed by atoms with Crippen LogP contribution in [-0.2, 0) is 22.8 Å². The number of hydroxylamine groups is 1. The molecule has 0 bridgehead atoms. The Labute approximate surface area is 174 Å². The van der Waals surface area contributed by atoms with Gasteiger partial charge in [-0.05, 0) is 28.8 Å². The maximum absolute atomic E-state index is 10.5. The lowest BCUT2D eigenvalue weighted by Crippen LogP contribution is -2.17. The Morgan fingerprint density at radius 2 is 1.79 bits per heavy atom. The Bertz CT molecular complexity index is 936. The largest absolute Gasteiger partial charge is 0.481 e. The van der Waals surface area contributed by atoms with Gasteiger partial charge in [0.25, 0.3) is 0 Å².